The van der Waals surface area contributed by atoms with Crippen LogP contribution in [0.2, 0.25) is 0 Å². The van der Waals surface area contributed by atoms with Gasteiger partial charge in [-0.15, -0.1) is 11.3 Å². The number of amides is 1. The molecule has 2 aliphatic heterocycles. The zero-order valence-electron chi connectivity index (χ0n) is 13.7. The van der Waals surface area contributed by atoms with Crippen LogP contribution in [0.4, 0.5) is 5.82 Å². The number of fused-ring (bicyclic) bond motifs is 2. The number of carbonyl (C=O) groups excluding carboxylic acids is 1. The number of hydrogen-bond acceptors (Lipinski definition) is 5. The first-order chi connectivity index (χ1) is 11.8. The normalized spacial score (nSPS) is 19.5. The van der Waals surface area contributed by atoms with Gasteiger partial charge in [0, 0.05) is 62.6 Å². The van der Waals surface area contributed by atoms with Crippen LogP contribution in [0.25, 0.3) is 0 Å². The Morgan fingerprint density at radius 3 is 3.38 bits per heavy atom. The largest absolute Gasteiger partial charge is 0.370 e. The molecule has 0 spiro atoms. The third kappa shape index (κ3) is 3.32. The van der Waals surface area contributed by atoms with Gasteiger partial charge >= 0.3 is 0 Å². The van der Waals surface area contributed by atoms with Gasteiger partial charge in [0.05, 0.1) is 6.20 Å². The molecule has 0 bridgehead atoms. The van der Waals surface area contributed by atoms with Crippen LogP contribution >= 0.6 is 11.3 Å². The number of carbonyl (C=O) groups is 1. The van der Waals surface area contributed by atoms with E-state index < -0.39 is 0 Å². The summed E-state index contributed by atoms with van der Waals surface area (Å²) in [4.78, 5) is 15.8. The molecule has 2 aliphatic rings. The molecule has 0 radical (unpaired) electrons. The van der Waals surface area contributed by atoms with Crippen LogP contribution in [-0.4, -0.2) is 46.8 Å². The third-order valence-corrected chi connectivity index (χ3v) is 5.85. The minimum Gasteiger partial charge on any atom is -0.370 e. The molecule has 0 saturated carbocycles. The number of nitrogens with one attached hydrogen (secondary N) is 2. The minimum atomic E-state index is 0.260. The van der Waals surface area contributed by atoms with E-state index in [0.29, 0.717) is 12.3 Å². The quantitative estimate of drug-likeness (QED) is 0.807. The molecule has 2 aromatic rings. The Bertz CT molecular complexity index is 709. The van der Waals surface area contributed by atoms with E-state index in [-0.39, 0.29) is 5.91 Å². The van der Waals surface area contributed by atoms with E-state index in [4.69, 9.17) is 0 Å². The molecule has 24 heavy (non-hydrogen) atoms. The highest BCUT2D eigenvalue weighted by Crippen LogP contribution is 2.24. The predicted molar refractivity (Wildman–Crippen MR) is 95.1 cm³/mol. The van der Waals surface area contributed by atoms with Crippen LogP contribution in [0, 0.1) is 5.92 Å². The molecule has 6 nitrogen and oxygen atoms in total. The predicted octanol–water partition coefficient (Wildman–Crippen LogP) is 1.55. The number of rotatable bonds is 5. The van der Waals surface area contributed by atoms with Crippen molar-refractivity contribution in [1.82, 2.24) is 20.0 Å². The zero-order chi connectivity index (χ0) is 16.4. The van der Waals surface area contributed by atoms with Gasteiger partial charge in [-0.3, -0.25) is 4.79 Å². The fourth-order valence-electron chi connectivity index (χ4n) is 3.44. The van der Waals surface area contributed by atoms with Crippen molar-refractivity contribution in [2.75, 3.05) is 31.5 Å². The maximum Gasteiger partial charge on any atom is 0.224 e. The molecule has 1 amide bonds. The van der Waals surface area contributed by atoms with Gasteiger partial charge in [-0.25, -0.2) is 4.68 Å². The van der Waals surface area contributed by atoms with Gasteiger partial charge in [0.2, 0.25) is 5.91 Å². The lowest BCUT2D eigenvalue weighted by atomic mass is 10.1. The SMILES string of the molecule is O=C(CCNCC1CNc2ccnn2C1)N1CCc2sccc2C1. The first-order valence-corrected chi connectivity index (χ1v) is 9.47. The van der Waals surface area contributed by atoms with Gasteiger partial charge in [0.25, 0.3) is 0 Å². The highest BCUT2D eigenvalue weighted by atomic mass is 32.1. The van der Waals surface area contributed by atoms with Gasteiger partial charge in [-0.1, -0.05) is 0 Å². The summed E-state index contributed by atoms with van der Waals surface area (Å²) in [6, 6.07) is 4.15. The Labute approximate surface area is 145 Å². The molecule has 0 saturated heterocycles. The summed E-state index contributed by atoms with van der Waals surface area (Å²) in [7, 11) is 0. The Kier molecular flexibility index (Phi) is 4.53. The topological polar surface area (TPSA) is 62.2 Å². The molecule has 0 aromatic carbocycles. The van der Waals surface area contributed by atoms with Crippen LogP contribution in [0.15, 0.2) is 23.7 Å². The summed E-state index contributed by atoms with van der Waals surface area (Å²) < 4.78 is 2.01. The second kappa shape index (κ2) is 6.94. The molecule has 4 heterocycles. The average Bonchev–Trinajstić information content (AvgIpc) is 3.25. The summed E-state index contributed by atoms with van der Waals surface area (Å²) in [5, 5.41) is 13.3. The first kappa shape index (κ1) is 15.7. The summed E-state index contributed by atoms with van der Waals surface area (Å²) >= 11 is 1.81. The Hall–Kier alpha value is -1.86. The molecule has 4 rings (SSSR count). The van der Waals surface area contributed by atoms with E-state index in [9.17, 15) is 4.79 Å². The fourth-order valence-corrected chi connectivity index (χ4v) is 4.33. The van der Waals surface area contributed by atoms with Gasteiger partial charge in [0.1, 0.15) is 5.82 Å². The van der Waals surface area contributed by atoms with E-state index >= 15 is 0 Å². The second-order valence-electron chi connectivity index (χ2n) is 6.53. The average molecular weight is 345 g/mol. The summed E-state index contributed by atoms with van der Waals surface area (Å²) in [6.45, 7) is 5.19. The van der Waals surface area contributed by atoms with Crippen LogP contribution in [0.3, 0.4) is 0 Å². The highest BCUT2D eigenvalue weighted by molar-refractivity contribution is 7.10. The number of nitrogens with zero attached hydrogens (tertiary/aromatic N) is 3. The molecular weight excluding hydrogens is 322 g/mol. The highest BCUT2D eigenvalue weighted by Gasteiger charge is 2.21. The monoisotopic (exact) mass is 345 g/mol. The van der Waals surface area contributed by atoms with Crippen molar-refractivity contribution in [2.24, 2.45) is 5.92 Å². The molecule has 2 aromatic heterocycles. The van der Waals surface area contributed by atoms with Crippen molar-refractivity contribution >= 4 is 23.1 Å². The molecule has 1 unspecified atom stereocenters. The van der Waals surface area contributed by atoms with Crippen molar-refractivity contribution in [3.8, 4) is 0 Å². The molecule has 7 heteroatoms. The van der Waals surface area contributed by atoms with Gasteiger partial charge in [-0.05, 0) is 23.4 Å². The van der Waals surface area contributed by atoms with Crippen molar-refractivity contribution in [2.45, 2.75) is 25.9 Å². The molecule has 2 N–H and O–H groups in total. The lowest BCUT2D eigenvalue weighted by molar-refractivity contribution is -0.132. The Balaban J connectivity index is 1.18. The lowest BCUT2D eigenvalue weighted by Crippen LogP contribution is -2.39. The molecule has 0 fully saturated rings. The van der Waals surface area contributed by atoms with E-state index in [1.807, 2.05) is 33.2 Å². The summed E-state index contributed by atoms with van der Waals surface area (Å²) in [6.07, 6.45) is 3.41. The fraction of sp³-hybridized carbons (Fsp3) is 0.529. The number of anilines is 1. The maximum absolute atomic E-state index is 12.4. The third-order valence-electron chi connectivity index (χ3n) is 4.83. The van der Waals surface area contributed by atoms with Crippen molar-refractivity contribution in [1.29, 1.82) is 0 Å². The van der Waals surface area contributed by atoms with E-state index in [2.05, 4.69) is 27.2 Å². The number of hydrogen-bond donors (Lipinski definition) is 2. The number of aromatic nitrogens is 2. The molecule has 1 atom stereocenters. The molecular formula is C17H23N5OS. The zero-order valence-corrected chi connectivity index (χ0v) is 14.5. The van der Waals surface area contributed by atoms with Gasteiger partial charge < -0.3 is 15.5 Å². The Morgan fingerprint density at radius 2 is 2.42 bits per heavy atom. The summed E-state index contributed by atoms with van der Waals surface area (Å²) in [5.41, 5.74) is 1.33. The minimum absolute atomic E-state index is 0.260. The second-order valence-corrected chi connectivity index (χ2v) is 7.53. The van der Waals surface area contributed by atoms with Crippen LogP contribution in [-0.2, 0) is 24.3 Å². The van der Waals surface area contributed by atoms with Crippen LogP contribution in [0.5, 0.6) is 0 Å². The standard InChI is InChI=1S/C17H23N5OS/c23-17(21-7-3-15-14(12-21)4-8-24-15)2-5-18-9-13-10-19-16-1-6-20-22(16)11-13/h1,4,6,8,13,18-19H,2-3,5,7,9-12H2. The van der Waals surface area contributed by atoms with Gasteiger partial charge in [0.15, 0.2) is 0 Å². The Morgan fingerprint density at radius 1 is 1.46 bits per heavy atom. The van der Waals surface area contributed by atoms with E-state index in [0.717, 1.165) is 51.5 Å². The molecule has 128 valence electrons. The van der Waals surface area contributed by atoms with Crippen molar-refractivity contribution in [3.05, 3.63) is 34.2 Å². The van der Waals surface area contributed by atoms with E-state index in [1.165, 1.54) is 10.4 Å². The number of thiophene rings is 1. The maximum atomic E-state index is 12.4. The summed E-state index contributed by atoms with van der Waals surface area (Å²) in [5.74, 6) is 1.87. The first-order valence-electron chi connectivity index (χ1n) is 8.59. The smallest absolute Gasteiger partial charge is 0.224 e. The van der Waals surface area contributed by atoms with Crippen molar-refractivity contribution < 1.29 is 4.79 Å². The van der Waals surface area contributed by atoms with Crippen molar-refractivity contribution in [3.63, 3.8) is 0 Å². The lowest BCUT2D eigenvalue weighted by Gasteiger charge is -2.27. The van der Waals surface area contributed by atoms with E-state index in [1.54, 1.807) is 0 Å². The molecule has 0 aliphatic carbocycles. The van der Waals surface area contributed by atoms with Gasteiger partial charge in [-0.2, -0.15) is 5.10 Å². The van der Waals surface area contributed by atoms with Crippen LogP contribution < -0.4 is 10.6 Å². The van der Waals surface area contributed by atoms with Crippen LogP contribution in [0.1, 0.15) is 16.9 Å².